The number of fused-ring (bicyclic) bond motifs is 1. The zero-order valence-corrected chi connectivity index (χ0v) is 19.7. The second-order valence-corrected chi connectivity index (χ2v) is 9.87. The van der Waals surface area contributed by atoms with Crippen molar-refractivity contribution in [3.05, 3.63) is 16.1 Å². The molecule has 3 fully saturated rings. The molecule has 0 radical (unpaired) electrons. The Kier molecular flexibility index (Phi) is 8.61. The molecule has 1 saturated carbocycles. The molecule has 10 heteroatoms. The molecule has 2 saturated heterocycles. The average Bonchev–Trinajstić information content (AvgIpc) is 3.22. The molecule has 3 heterocycles. The van der Waals surface area contributed by atoms with Crippen molar-refractivity contribution < 1.29 is 24.2 Å². The predicted molar refractivity (Wildman–Crippen MR) is 120 cm³/mol. The summed E-state index contributed by atoms with van der Waals surface area (Å²) in [6.07, 6.45) is 3.79. The number of hydrogen-bond acceptors (Lipinski definition) is 7. The van der Waals surface area contributed by atoms with E-state index in [1.165, 1.54) is 0 Å². The quantitative estimate of drug-likeness (QED) is 0.647. The zero-order chi connectivity index (χ0) is 23.1. The summed E-state index contributed by atoms with van der Waals surface area (Å²) in [5, 5.41) is 13.1. The van der Waals surface area contributed by atoms with Gasteiger partial charge in [0.15, 0.2) is 0 Å². The fourth-order valence-electron chi connectivity index (χ4n) is 5.38. The molecule has 0 aromatic carbocycles. The van der Waals surface area contributed by atoms with Crippen molar-refractivity contribution in [3.8, 4) is 0 Å². The number of aromatic nitrogens is 1. The van der Waals surface area contributed by atoms with Crippen molar-refractivity contribution in [2.45, 2.75) is 52.1 Å². The number of thiazole rings is 1. The summed E-state index contributed by atoms with van der Waals surface area (Å²) in [6, 6.07) is 0.523. The minimum atomic E-state index is -0.474. The van der Waals surface area contributed by atoms with Crippen LogP contribution in [0.3, 0.4) is 0 Å². The van der Waals surface area contributed by atoms with E-state index in [4.69, 9.17) is 14.6 Å². The molecule has 9 nitrogen and oxygen atoms in total. The molecule has 1 aromatic heterocycles. The molecule has 178 valence electrons. The maximum atomic E-state index is 13.5. The van der Waals surface area contributed by atoms with E-state index in [2.05, 4.69) is 15.2 Å². The molecule has 0 bridgehead atoms. The first-order chi connectivity index (χ1) is 15.4. The van der Waals surface area contributed by atoms with Gasteiger partial charge in [0.05, 0.1) is 35.9 Å². The fourth-order valence-corrected chi connectivity index (χ4v) is 6.00. The van der Waals surface area contributed by atoms with E-state index in [0.29, 0.717) is 25.0 Å². The van der Waals surface area contributed by atoms with Crippen LogP contribution in [0.4, 0.5) is 0 Å². The van der Waals surface area contributed by atoms with Crippen LogP contribution >= 0.6 is 11.3 Å². The van der Waals surface area contributed by atoms with Gasteiger partial charge in [-0.3, -0.25) is 19.3 Å². The minimum absolute atomic E-state index is 0.0704. The highest BCUT2D eigenvalue weighted by molar-refractivity contribution is 7.09. The smallest absolute Gasteiger partial charge is 0.290 e. The molecule has 2 N–H and O–H groups in total. The second-order valence-electron chi connectivity index (χ2n) is 8.80. The number of amides is 2. The van der Waals surface area contributed by atoms with Gasteiger partial charge >= 0.3 is 0 Å². The lowest BCUT2D eigenvalue weighted by Crippen LogP contribution is -2.61. The first-order valence-corrected chi connectivity index (χ1v) is 12.1. The van der Waals surface area contributed by atoms with Crippen LogP contribution in [0.15, 0.2) is 5.38 Å². The lowest BCUT2D eigenvalue weighted by molar-refractivity contribution is -0.150. The Morgan fingerprint density at radius 1 is 1.34 bits per heavy atom. The summed E-state index contributed by atoms with van der Waals surface area (Å²) >= 11 is 1.60. The summed E-state index contributed by atoms with van der Waals surface area (Å²) in [5.41, 5.74) is 0.438. The Bertz CT molecular complexity index is 797. The predicted octanol–water partition coefficient (Wildman–Crippen LogP) is 1.51. The van der Waals surface area contributed by atoms with Gasteiger partial charge in [-0.2, -0.15) is 0 Å². The van der Waals surface area contributed by atoms with Gasteiger partial charge < -0.3 is 20.1 Å². The summed E-state index contributed by atoms with van der Waals surface area (Å²) in [5.74, 6) is 0.484. The molecule has 0 spiro atoms. The molecule has 1 aliphatic carbocycles. The number of piperidine rings is 1. The molecular formula is C22H34N4O5S. The van der Waals surface area contributed by atoms with Crippen molar-refractivity contribution in [2.75, 3.05) is 39.4 Å². The van der Waals surface area contributed by atoms with E-state index < -0.39 is 5.41 Å². The molecule has 1 aromatic rings. The number of morpholine rings is 1. The van der Waals surface area contributed by atoms with Crippen molar-refractivity contribution in [1.29, 1.82) is 0 Å². The highest BCUT2D eigenvalue weighted by atomic mass is 32.1. The van der Waals surface area contributed by atoms with Gasteiger partial charge in [0.2, 0.25) is 11.8 Å². The third-order valence-electron chi connectivity index (χ3n) is 7.04. The number of aryl methyl sites for hydroxylation is 1. The van der Waals surface area contributed by atoms with Gasteiger partial charge in [0, 0.05) is 44.5 Å². The maximum absolute atomic E-state index is 13.5. The Labute approximate surface area is 193 Å². The molecule has 0 unspecified atom stereocenters. The van der Waals surface area contributed by atoms with Crippen molar-refractivity contribution in [3.63, 3.8) is 0 Å². The monoisotopic (exact) mass is 466 g/mol. The Balaban J connectivity index is 0.000000913. The van der Waals surface area contributed by atoms with Crippen LogP contribution in [0.1, 0.15) is 43.3 Å². The summed E-state index contributed by atoms with van der Waals surface area (Å²) in [7, 11) is 0. The van der Waals surface area contributed by atoms with E-state index in [1.54, 1.807) is 18.3 Å². The van der Waals surface area contributed by atoms with E-state index in [9.17, 15) is 9.59 Å². The van der Waals surface area contributed by atoms with Gasteiger partial charge in [-0.1, -0.05) is 0 Å². The summed E-state index contributed by atoms with van der Waals surface area (Å²) in [4.78, 5) is 42.8. The lowest BCUT2D eigenvalue weighted by atomic mass is 9.61. The molecule has 4 rings (SSSR count). The van der Waals surface area contributed by atoms with Crippen LogP contribution in [0.5, 0.6) is 0 Å². The number of nitrogens with one attached hydrogen (secondary N) is 1. The number of ether oxygens (including phenoxy) is 1. The van der Waals surface area contributed by atoms with Crippen LogP contribution in [0.2, 0.25) is 0 Å². The standard InChI is InChI=1S/C21H32N4O3S.CH2O2/c1-15-23-18(13-29-15)12-22-20(27)21-5-3-19(24-7-9-28-10-8-24)11-17(21)4-6-25(14-21)16(2)26;2-1-3/h13,17,19H,3-12,14H2,1-2H3,(H,22,27);1H,(H,2,3)/t17-,19+,21-;/m1./s1. The van der Waals surface area contributed by atoms with E-state index >= 15 is 0 Å². The summed E-state index contributed by atoms with van der Waals surface area (Å²) in [6.45, 7) is 8.69. The van der Waals surface area contributed by atoms with Crippen molar-refractivity contribution in [1.82, 2.24) is 20.1 Å². The van der Waals surface area contributed by atoms with E-state index in [1.807, 2.05) is 17.2 Å². The fraction of sp³-hybridized carbons (Fsp3) is 0.727. The number of carbonyl (C=O) groups is 3. The van der Waals surface area contributed by atoms with Gasteiger partial charge in [0.1, 0.15) is 0 Å². The Hall–Kier alpha value is -2.04. The zero-order valence-electron chi connectivity index (χ0n) is 18.9. The van der Waals surface area contributed by atoms with Crippen LogP contribution in [-0.2, 0) is 25.7 Å². The number of carboxylic acid groups (broad SMARTS) is 1. The molecule has 3 atom stereocenters. The van der Waals surface area contributed by atoms with Gasteiger partial charge in [-0.25, -0.2) is 4.98 Å². The average molecular weight is 467 g/mol. The van der Waals surface area contributed by atoms with Crippen LogP contribution in [0, 0.1) is 18.3 Å². The minimum Gasteiger partial charge on any atom is -0.483 e. The number of hydrogen-bond donors (Lipinski definition) is 2. The second kappa shape index (κ2) is 11.2. The number of carbonyl (C=O) groups excluding carboxylic acids is 2. The Morgan fingerprint density at radius 3 is 2.69 bits per heavy atom. The first kappa shape index (κ1) is 24.6. The van der Waals surface area contributed by atoms with E-state index in [0.717, 1.165) is 69.2 Å². The highest BCUT2D eigenvalue weighted by Gasteiger charge is 2.53. The number of nitrogens with zero attached hydrogens (tertiary/aromatic N) is 3. The van der Waals surface area contributed by atoms with Gasteiger partial charge in [-0.05, 0) is 38.5 Å². The molecule has 32 heavy (non-hydrogen) atoms. The van der Waals surface area contributed by atoms with Crippen LogP contribution in [0.25, 0.3) is 0 Å². The molecule has 2 aliphatic heterocycles. The SMILES string of the molecule is CC(=O)N1CC[C@@H]2C[C@@H](N3CCOCC3)CC[C@@]2(C(=O)NCc2csc(C)n2)C1.O=CO. The lowest BCUT2D eigenvalue weighted by Gasteiger charge is -2.53. The van der Waals surface area contributed by atoms with Gasteiger partial charge in [-0.15, -0.1) is 11.3 Å². The van der Waals surface area contributed by atoms with Crippen LogP contribution < -0.4 is 5.32 Å². The first-order valence-electron chi connectivity index (χ1n) is 11.2. The Morgan fingerprint density at radius 2 is 2.06 bits per heavy atom. The largest absolute Gasteiger partial charge is 0.483 e. The highest BCUT2D eigenvalue weighted by Crippen LogP contribution is 2.48. The van der Waals surface area contributed by atoms with Crippen LogP contribution in [-0.4, -0.2) is 83.6 Å². The topological polar surface area (TPSA) is 112 Å². The van der Waals surface area contributed by atoms with Gasteiger partial charge in [0.25, 0.3) is 6.47 Å². The normalized spacial score (nSPS) is 28.1. The number of likely N-dealkylation sites (tertiary alicyclic amines) is 1. The molecular weight excluding hydrogens is 432 g/mol. The number of rotatable bonds is 4. The van der Waals surface area contributed by atoms with Crippen molar-refractivity contribution >= 4 is 29.6 Å². The van der Waals surface area contributed by atoms with E-state index in [-0.39, 0.29) is 18.3 Å². The summed E-state index contributed by atoms with van der Waals surface area (Å²) < 4.78 is 5.52. The third-order valence-corrected chi connectivity index (χ3v) is 7.86. The molecule has 2 amide bonds. The maximum Gasteiger partial charge on any atom is 0.290 e. The third kappa shape index (κ3) is 5.65. The van der Waals surface area contributed by atoms with Crippen molar-refractivity contribution in [2.24, 2.45) is 11.3 Å². The molecule has 3 aliphatic rings.